The summed E-state index contributed by atoms with van der Waals surface area (Å²) in [6, 6.07) is 0. The lowest BCUT2D eigenvalue weighted by Crippen LogP contribution is -2.26. The molecule has 0 bridgehead atoms. The fourth-order valence-corrected chi connectivity index (χ4v) is 0.817. The third-order valence-corrected chi connectivity index (χ3v) is 1.59. The highest BCUT2D eigenvalue weighted by atomic mass is 16.1. The van der Waals surface area contributed by atoms with Crippen LogP contribution in [0.3, 0.4) is 0 Å². The van der Waals surface area contributed by atoms with Crippen molar-refractivity contribution in [2.75, 3.05) is 6.54 Å². The van der Waals surface area contributed by atoms with Crippen LogP contribution in [0.15, 0.2) is 0 Å². The Morgan fingerprint density at radius 3 is 2.75 bits per heavy atom. The molecular formula is C9H17NO2. The van der Waals surface area contributed by atoms with Crippen molar-refractivity contribution in [3.8, 4) is 0 Å². The van der Waals surface area contributed by atoms with E-state index in [2.05, 4.69) is 12.2 Å². The topological polar surface area (TPSA) is 46.2 Å². The van der Waals surface area contributed by atoms with E-state index in [0.29, 0.717) is 6.42 Å². The molecule has 0 aromatic carbocycles. The molecule has 1 atom stereocenters. The van der Waals surface area contributed by atoms with E-state index in [1.54, 1.807) is 6.92 Å². The Balaban J connectivity index is 3.39. The zero-order chi connectivity index (χ0) is 9.40. The van der Waals surface area contributed by atoms with Gasteiger partial charge < -0.3 is 10.1 Å². The summed E-state index contributed by atoms with van der Waals surface area (Å²) in [7, 11) is 0. The summed E-state index contributed by atoms with van der Waals surface area (Å²) in [5.41, 5.74) is 0. The van der Waals surface area contributed by atoms with Gasteiger partial charge in [-0.2, -0.15) is 0 Å². The van der Waals surface area contributed by atoms with Gasteiger partial charge in [-0.05, 0) is 6.42 Å². The molecule has 1 unspecified atom stereocenters. The SMILES string of the molecule is CCCCNC(=O)CC(C)C=O. The highest BCUT2D eigenvalue weighted by Gasteiger charge is 2.06. The van der Waals surface area contributed by atoms with Crippen LogP contribution in [0.4, 0.5) is 0 Å². The van der Waals surface area contributed by atoms with Crippen LogP contribution < -0.4 is 5.32 Å². The molecule has 3 nitrogen and oxygen atoms in total. The summed E-state index contributed by atoms with van der Waals surface area (Å²) in [6.07, 6.45) is 3.19. The fraction of sp³-hybridized carbons (Fsp3) is 0.778. The molecule has 3 heteroatoms. The second-order valence-electron chi connectivity index (χ2n) is 3.02. The van der Waals surface area contributed by atoms with Gasteiger partial charge in [0.25, 0.3) is 0 Å². The lowest BCUT2D eigenvalue weighted by molar-refractivity contribution is -0.124. The largest absolute Gasteiger partial charge is 0.356 e. The van der Waals surface area contributed by atoms with Crippen LogP contribution in [-0.4, -0.2) is 18.7 Å². The molecule has 1 N–H and O–H groups in total. The summed E-state index contributed by atoms with van der Waals surface area (Å²) in [5.74, 6) is -0.185. The molecule has 0 aliphatic heterocycles. The first-order valence-corrected chi connectivity index (χ1v) is 4.42. The van der Waals surface area contributed by atoms with E-state index in [4.69, 9.17) is 0 Å². The van der Waals surface area contributed by atoms with E-state index in [1.165, 1.54) is 0 Å². The Morgan fingerprint density at radius 1 is 1.58 bits per heavy atom. The summed E-state index contributed by atoms with van der Waals surface area (Å²) < 4.78 is 0. The van der Waals surface area contributed by atoms with Crippen molar-refractivity contribution in [2.24, 2.45) is 5.92 Å². The Kier molecular flexibility index (Phi) is 6.34. The zero-order valence-electron chi connectivity index (χ0n) is 7.80. The van der Waals surface area contributed by atoms with Crippen LogP contribution in [0.1, 0.15) is 33.1 Å². The molecule has 0 aromatic heterocycles. The molecule has 0 fully saturated rings. The standard InChI is InChI=1S/C9H17NO2/c1-3-4-5-10-9(12)6-8(2)7-11/h7-8H,3-6H2,1-2H3,(H,10,12). The van der Waals surface area contributed by atoms with Gasteiger partial charge in [-0.25, -0.2) is 0 Å². The molecule has 0 saturated heterocycles. The molecule has 12 heavy (non-hydrogen) atoms. The third-order valence-electron chi connectivity index (χ3n) is 1.59. The molecule has 0 heterocycles. The van der Waals surface area contributed by atoms with Crippen LogP contribution in [0.5, 0.6) is 0 Å². The summed E-state index contributed by atoms with van der Waals surface area (Å²) in [6.45, 7) is 4.54. The zero-order valence-corrected chi connectivity index (χ0v) is 7.80. The van der Waals surface area contributed by atoms with Crippen LogP contribution in [0.25, 0.3) is 0 Å². The first-order chi connectivity index (χ1) is 5.70. The van der Waals surface area contributed by atoms with Crippen molar-refractivity contribution in [2.45, 2.75) is 33.1 Å². The van der Waals surface area contributed by atoms with E-state index in [0.717, 1.165) is 25.7 Å². The van der Waals surface area contributed by atoms with Crippen LogP contribution >= 0.6 is 0 Å². The molecule has 0 saturated carbocycles. The maximum atomic E-state index is 11.0. The van der Waals surface area contributed by atoms with Gasteiger partial charge in [0.1, 0.15) is 6.29 Å². The fourth-order valence-electron chi connectivity index (χ4n) is 0.817. The number of rotatable bonds is 6. The number of nitrogens with one attached hydrogen (secondary N) is 1. The number of hydrogen-bond donors (Lipinski definition) is 1. The van der Waals surface area contributed by atoms with Gasteiger partial charge >= 0.3 is 0 Å². The second-order valence-corrected chi connectivity index (χ2v) is 3.02. The third kappa shape index (κ3) is 5.89. The Morgan fingerprint density at radius 2 is 2.25 bits per heavy atom. The lowest BCUT2D eigenvalue weighted by Gasteiger charge is -2.04. The number of carbonyl (C=O) groups excluding carboxylic acids is 2. The average Bonchev–Trinajstić information content (AvgIpc) is 2.05. The van der Waals surface area contributed by atoms with Gasteiger partial charge in [-0.1, -0.05) is 20.3 Å². The number of unbranched alkanes of at least 4 members (excludes halogenated alkanes) is 1. The summed E-state index contributed by atoms with van der Waals surface area (Å²) >= 11 is 0. The second kappa shape index (κ2) is 6.83. The first-order valence-electron chi connectivity index (χ1n) is 4.42. The average molecular weight is 171 g/mol. The van der Waals surface area contributed by atoms with Crippen LogP contribution in [0.2, 0.25) is 0 Å². The maximum absolute atomic E-state index is 11.0. The number of carbonyl (C=O) groups is 2. The van der Waals surface area contributed by atoms with E-state index in [9.17, 15) is 9.59 Å². The highest BCUT2D eigenvalue weighted by molar-refractivity contribution is 5.78. The summed E-state index contributed by atoms with van der Waals surface area (Å²) in [5, 5.41) is 2.75. The van der Waals surface area contributed by atoms with Crippen LogP contribution in [0, 0.1) is 5.92 Å². The van der Waals surface area contributed by atoms with Crippen molar-refractivity contribution >= 4 is 12.2 Å². The van der Waals surface area contributed by atoms with Crippen molar-refractivity contribution in [3.05, 3.63) is 0 Å². The first kappa shape index (κ1) is 11.1. The minimum atomic E-state index is -0.161. The van der Waals surface area contributed by atoms with Crippen molar-refractivity contribution in [3.63, 3.8) is 0 Å². The Hall–Kier alpha value is -0.860. The van der Waals surface area contributed by atoms with Gasteiger partial charge in [0.15, 0.2) is 0 Å². The number of amides is 1. The predicted molar refractivity (Wildman–Crippen MR) is 47.8 cm³/mol. The van der Waals surface area contributed by atoms with Crippen molar-refractivity contribution < 1.29 is 9.59 Å². The number of aldehydes is 1. The van der Waals surface area contributed by atoms with Gasteiger partial charge in [0.05, 0.1) is 0 Å². The van der Waals surface area contributed by atoms with E-state index in [1.807, 2.05) is 0 Å². The predicted octanol–water partition coefficient (Wildman–Crippen LogP) is 1.13. The molecule has 0 rings (SSSR count). The lowest BCUT2D eigenvalue weighted by atomic mass is 10.1. The maximum Gasteiger partial charge on any atom is 0.220 e. The molecule has 0 aliphatic rings. The van der Waals surface area contributed by atoms with Crippen LogP contribution in [-0.2, 0) is 9.59 Å². The normalized spacial score (nSPS) is 12.2. The molecule has 0 aromatic rings. The molecule has 0 radical (unpaired) electrons. The molecule has 1 amide bonds. The molecule has 0 aliphatic carbocycles. The van der Waals surface area contributed by atoms with E-state index >= 15 is 0 Å². The smallest absolute Gasteiger partial charge is 0.220 e. The highest BCUT2D eigenvalue weighted by Crippen LogP contribution is 1.96. The minimum absolute atomic E-state index is 0.0250. The molecule has 70 valence electrons. The van der Waals surface area contributed by atoms with E-state index < -0.39 is 0 Å². The van der Waals surface area contributed by atoms with Gasteiger partial charge in [-0.3, -0.25) is 4.79 Å². The van der Waals surface area contributed by atoms with Gasteiger partial charge in [0.2, 0.25) is 5.91 Å². The Bertz CT molecular complexity index is 145. The quantitative estimate of drug-likeness (QED) is 0.481. The van der Waals surface area contributed by atoms with Gasteiger partial charge in [0, 0.05) is 18.9 Å². The molecular weight excluding hydrogens is 154 g/mol. The molecule has 0 spiro atoms. The Labute approximate surface area is 73.5 Å². The van der Waals surface area contributed by atoms with Gasteiger partial charge in [-0.15, -0.1) is 0 Å². The van der Waals surface area contributed by atoms with E-state index in [-0.39, 0.29) is 11.8 Å². The van der Waals surface area contributed by atoms with Crippen molar-refractivity contribution in [1.82, 2.24) is 5.32 Å². The van der Waals surface area contributed by atoms with Crippen molar-refractivity contribution in [1.29, 1.82) is 0 Å². The number of hydrogen-bond acceptors (Lipinski definition) is 2. The monoisotopic (exact) mass is 171 g/mol. The summed E-state index contributed by atoms with van der Waals surface area (Å²) in [4.78, 5) is 21.2. The minimum Gasteiger partial charge on any atom is -0.356 e.